The van der Waals surface area contributed by atoms with E-state index in [0.717, 1.165) is 19.4 Å². The summed E-state index contributed by atoms with van der Waals surface area (Å²) in [7, 11) is 0. The first kappa shape index (κ1) is 14.2. The van der Waals surface area contributed by atoms with Gasteiger partial charge in [-0.15, -0.1) is 0 Å². The molecule has 0 aliphatic heterocycles. The van der Waals surface area contributed by atoms with Gasteiger partial charge < -0.3 is 10.4 Å². The van der Waals surface area contributed by atoms with Crippen LogP contribution in [-0.2, 0) is 6.42 Å². The largest absolute Gasteiger partial charge is 0.396 e. The van der Waals surface area contributed by atoms with Crippen molar-refractivity contribution in [3.05, 3.63) is 35.9 Å². The average molecular weight is 235 g/mol. The minimum absolute atomic E-state index is 0.0376. The van der Waals surface area contributed by atoms with Crippen LogP contribution >= 0.6 is 0 Å². The summed E-state index contributed by atoms with van der Waals surface area (Å²) in [5.41, 5.74) is 1.33. The molecule has 0 aliphatic rings. The monoisotopic (exact) mass is 235 g/mol. The van der Waals surface area contributed by atoms with Gasteiger partial charge in [-0.2, -0.15) is 0 Å². The molecule has 2 nitrogen and oxygen atoms in total. The summed E-state index contributed by atoms with van der Waals surface area (Å²) in [4.78, 5) is 0. The summed E-state index contributed by atoms with van der Waals surface area (Å²) in [6.07, 6.45) is 2.16. The van der Waals surface area contributed by atoms with Gasteiger partial charge in [0.1, 0.15) is 0 Å². The minimum Gasteiger partial charge on any atom is -0.396 e. The first-order valence-electron chi connectivity index (χ1n) is 6.45. The van der Waals surface area contributed by atoms with E-state index < -0.39 is 0 Å². The molecule has 0 radical (unpaired) electrons. The highest BCUT2D eigenvalue weighted by Gasteiger charge is 2.18. The standard InChI is InChI=1S/C15H25NO/c1-4-14(16-11-15(2,3)12-17)10-13-8-6-5-7-9-13/h5-9,14,16-17H,4,10-12H2,1-3H3. The van der Waals surface area contributed by atoms with Gasteiger partial charge in [-0.1, -0.05) is 51.1 Å². The van der Waals surface area contributed by atoms with Crippen LogP contribution in [0.15, 0.2) is 30.3 Å². The van der Waals surface area contributed by atoms with Crippen molar-refractivity contribution >= 4 is 0 Å². The average Bonchev–Trinajstić information content (AvgIpc) is 2.35. The van der Waals surface area contributed by atoms with Crippen molar-refractivity contribution in [2.45, 2.75) is 39.7 Å². The Morgan fingerprint density at radius 3 is 2.41 bits per heavy atom. The van der Waals surface area contributed by atoms with Crippen molar-refractivity contribution < 1.29 is 5.11 Å². The second kappa shape index (κ2) is 6.77. The molecule has 1 unspecified atom stereocenters. The zero-order chi connectivity index (χ0) is 12.7. The Morgan fingerprint density at radius 1 is 1.24 bits per heavy atom. The van der Waals surface area contributed by atoms with Crippen molar-refractivity contribution in [2.75, 3.05) is 13.2 Å². The van der Waals surface area contributed by atoms with E-state index in [9.17, 15) is 5.11 Å². The van der Waals surface area contributed by atoms with E-state index in [-0.39, 0.29) is 12.0 Å². The fraction of sp³-hybridized carbons (Fsp3) is 0.600. The molecular weight excluding hydrogens is 210 g/mol. The Bertz CT molecular complexity index is 308. The molecule has 96 valence electrons. The van der Waals surface area contributed by atoms with Crippen LogP contribution in [0.5, 0.6) is 0 Å². The van der Waals surface area contributed by atoms with Gasteiger partial charge in [-0.25, -0.2) is 0 Å². The Morgan fingerprint density at radius 2 is 1.88 bits per heavy atom. The molecule has 2 heteroatoms. The number of benzene rings is 1. The number of hydrogen-bond acceptors (Lipinski definition) is 2. The van der Waals surface area contributed by atoms with E-state index in [4.69, 9.17) is 0 Å². The number of aliphatic hydroxyl groups excluding tert-OH is 1. The number of aliphatic hydroxyl groups is 1. The molecule has 0 bridgehead atoms. The highest BCUT2D eigenvalue weighted by molar-refractivity contribution is 5.15. The van der Waals surface area contributed by atoms with E-state index in [0.29, 0.717) is 6.04 Å². The molecule has 0 saturated carbocycles. The molecule has 17 heavy (non-hydrogen) atoms. The van der Waals surface area contributed by atoms with E-state index in [1.807, 2.05) is 6.07 Å². The maximum atomic E-state index is 9.23. The summed E-state index contributed by atoms with van der Waals surface area (Å²) >= 11 is 0. The SMILES string of the molecule is CCC(Cc1ccccc1)NCC(C)(C)CO. The molecule has 0 fully saturated rings. The zero-order valence-corrected chi connectivity index (χ0v) is 11.2. The van der Waals surface area contributed by atoms with E-state index in [2.05, 4.69) is 50.4 Å². The molecule has 0 saturated heterocycles. The van der Waals surface area contributed by atoms with Crippen molar-refractivity contribution in [3.8, 4) is 0 Å². The quantitative estimate of drug-likeness (QED) is 0.761. The fourth-order valence-electron chi connectivity index (χ4n) is 1.74. The van der Waals surface area contributed by atoms with Gasteiger partial charge in [-0.05, 0) is 18.4 Å². The number of nitrogens with one attached hydrogen (secondary N) is 1. The second-order valence-electron chi connectivity index (χ2n) is 5.50. The van der Waals surface area contributed by atoms with Crippen LogP contribution in [0.25, 0.3) is 0 Å². The smallest absolute Gasteiger partial charge is 0.0494 e. The van der Waals surface area contributed by atoms with Crippen molar-refractivity contribution in [1.29, 1.82) is 0 Å². The lowest BCUT2D eigenvalue weighted by Crippen LogP contribution is -2.39. The fourth-order valence-corrected chi connectivity index (χ4v) is 1.74. The van der Waals surface area contributed by atoms with Crippen molar-refractivity contribution in [2.24, 2.45) is 5.41 Å². The van der Waals surface area contributed by atoms with E-state index in [1.54, 1.807) is 0 Å². The third-order valence-electron chi connectivity index (χ3n) is 3.12. The molecule has 0 heterocycles. The second-order valence-corrected chi connectivity index (χ2v) is 5.50. The molecule has 0 amide bonds. The summed E-state index contributed by atoms with van der Waals surface area (Å²) in [6, 6.07) is 11.0. The van der Waals surface area contributed by atoms with Crippen molar-refractivity contribution in [1.82, 2.24) is 5.32 Å². The lowest BCUT2D eigenvalue weighted by Gasteiger charge is -2.26. The number of rotatable bonds is 7. The lowest BCUT2D eigenvalue weighted by molar-refractivity contribution is 0.152. The summed E-state index contributed by atoms with van der Waals surface area (Å²) in [5.74, 6) is 0. The topological polar surface area (TPSA) is 32.3 Å². The molecule has 1 aromatic rings. The summed E-state index contributed by atoms with van der Waals surface area (Å²) < 4.78 is 0. The maximum Gasteiger partial charge on any atom is 0.0494 e. The van der Waals surface area contributed by atoms with Crippen LogP contribution < -0.4 is 5.32 Å². The normalized spacial score (nSPS) is 13.6. The first-order chi connectivity index (χ1) is 8.07. The van der Waals surface area contributed by atoms with Crippen LogP contribution in [0.1, 0.15) is 32.8 Å². The molecule has 1 atom stereocenters. The first-order valence-corrected chi connectivity index (χ1v) is 6.45. The highest BCUT2D eigenvalue weighted by atomic mass is 16.3. The Balaban J connectivity index is 2.44. The highest BCUT2D eigenvalue weighted by Crippen LogP contribution is 2.13. The minimum atomic E-state index is -0.0376. The Kier molecular flexibility index (Phi) is 5.66. The third kappa shape index (κ3) is 5.33. The van der Waals surface area contributed by atoms with Crippen LogP contribution in [0.4, 0.5) is 0 Å². The molecule has 0 aromatic heterocycles. The predicted octanol–water partition coefficient (Wildman–Crippen LogP) is 2.62. The van der Waals surface area contributed by atoms with Gasteiger partial charge in [0.15, 0.2) is 0 Å². The van der Waals surface area contributed by atoms with Crippen LogP contribution in [-0.4, -0.2) is 24.3 Å². The summed E-state index contributed by atoms with van der Waals surface area (Å²) in [6.45, 7) is 7.44. The van der Waals surface area contributed by atoms with Crippen molar-refractivity contribution in [3.63, 3.8) is 0 Å². The third-order valence-corrected chi connectivity index (χ3v) is 3.12. The van der Waals surface area contributed by atoms with Gasteiger partial charge in [0.05, 0.1) is 0 Å². The van der Waals surface area contributed by atoms with Gasteiger partial charge in [0, 0.05) is 24.6 Å². The van der Waals surface area contributed by atoms with Gasteiger partial charge in [0.25, 0.3) is 0 Å². The molecule has 1 aromatic carbocycles. The van der Waals surface area contributed by atoms with Crippen LogP contribution in [0, 0.1) is 5.41 Å². The number of hydrogen-bond donors (Lipinski definition) is 2. The Labute approximate surface area is 105 Å². The summed E-state index contributed by atoms with van der Waals surface area (Å²) in [5, 5.41) is 12.8. The van der Waals surface area contributed by atoms with Crippen LogP contribution in [0.3, 0.4) is 0 Å². The van der Waals surface area contributed by atoms with Gasteiger partial charge in [0.2, 0.25) is 0 Å². The molecule has 2 N–H and O–H groups in total. The van der Waals surface area contributed by atoms with Gasteiger partial charge in [-0.3, -0.25) is 0 Å². The molecular formula is C15H25NO. The lowest BCUT2D eigenvalue weighted by atomic mass is 9.93. The van der Waals surface area contributed by atoms with E-state index >= 15 is 0 Å². The predicted molar refractivity (Wildman–Crippen MR) is 73.1 cm³/mol. The van der Waals surface area contributed by atoms with Crippen LogP contribution in [0.2, 0.25) is 0 Å². The zero-order valence-electron chi connectivity index (χ0n) is 11.2. The molecule has 0 aliphatic carbocycles. The molecule has 1 rings (SSSR count). The van der Waals surface area contributed by atoms with Gasteiger partial charge >= 0.3 is 0 Å². The Hall–Kier alpha value is -0.860. The van der Waals surface area contributed by atoms with E-state index in [1.165, 1.54) is 5.56 Å². The maximum absolute atomic E-state index is 9.23. The molecule has 0 spiro atoms.